The first-order chi connectivity index (χ1) is 5.77. The first-order valence-corrected chi connectivity index (χ1v) is 5.74. The molecule has 0 saturated carbocycles. The van der Waals surface area contributed by atoms with Gasteiger partial charge in [0.15, 0.2) is 0 Å². The predicted molar refractivity (Wildman–Crippen MR) is 58.2 cm³/mol. The summed E-state index contributed by atoms with van der Waals surface area (Å²) >= 11 is 5.27. The Morgan fingerprint density at radius 1 is 1.50 bits per heavy atom. The van der Waals surface area contributed by atoms with Crippen LogP contribution in [0.15, 0.2) is 33.7 Å². The molecule has 2 rings (SSSR count). The third-order valence-electron chi connectivity index (χ3n) is 2.13. The predicted octanol–water partition coefficient (Wildman–Crippen LogP) is 2.41. The van der Waals surface area contributed by atoms with Crippen molar-refractivity contribution in [3.63, 3.8) is 0 Å². The summed E-state index contributed by atoms with van der Waals surface area (Å²) in [6.45, 7) is 0. The third-order valence-corrected chi connectivity index (χ3v) is 3.67. The number of allylic oxidation sites excluding steroid dienone is 3. The van der Waals surface area contributed by atoms with Gasteiger partial charge in [0.05, 0.1) is 0 Å². The van der Waals surface area contributed by atoms with Crippen molar-refractivity contribution in [3.05, 3.63) is 33.7 Å². The Hall–Kier alpha value is 0.01000. The summed E-state index contributed by atoms with van der Waals surface area (Å²) in [5, 5.41) is 2.21. The number of halogens is 1. The Balaban J connectivity index is 2.32. The maximum Gasteiger partial charge on any atom is 0.0239 e. The fraction of sp³-hybridized carbons (Fsp3) is 0.333. The number of nitrogens with two attached hydrogens (primary N) is 1. The lowest BCUT2D eigenvalue weighted by atomic mass is 9.90. The van der Waals surface area contributed by atoms with Crippen LogP contribution >= 0.6 is 27.7 Å². The Labute approximate surface area is 84.9 Å². The highest BCUT2D eigenvalue weighted by Crippen LogP contribution is 2.33. The summed E-state index contributed by atoms with van der Waals surface area (Å²) in [5.74, 6) is 1.45. The van der Waals surface area contributed by atoms with Crippen LogP contribution in [0.3, 0.4) is 0 Å². The molecule has 2 N–H and O–H groups in total. The first kappa shape index (κ1) is 8.60. The molecule has 0 unspecified atom stereocenters. The zero-order valence-corrected chi connectivity index (χ0v) is 8.94. The Morgan fingerprint density at radius 2 is 2.33 bits per heavy atom. The van der Waals surface area contributed by atoms with Crippen LogP contribution in [0.1, 0.15) is 0 Å². The summed E-state index contributed by atoms with van der Waals surface area (Å²) in [6, 6.07) is 0.271. The van der Waals surface area contributed by atoms with E-state index in [0.29, 0.717) is 5.92 Å². The van der Waals surface area contributed by atoms with Gasteiger partial charge in [-0.15, -0.1) is 11.8 Å². The minimum atomic E-state index is 0.271. The van der Waals surface area contributed by atoms with Crippen LogP contribution in [0.2, 0.25) is 0 Å². The van der Waals surface area contributed by atoms with Crippen molar-refractivity contribution < 1.29 is 0 Å². The standard InChI is InChI=1S/C9H10BrNS/c10-7-2-1-6-4-12-5-9(11)8(6)3-7/h1-4,8-9H,5,11H2/t8-,9+/m1/s1. The molecule has 0 spiro atoms. The zero-order valence-electron chi connectivity index (χ0n) is 6.53. The Bertz CT molecular complexity index is 277. The van der Waals surface area contributed by atoms with Crippen LogP contribution in [0.5, 0.6) is 0 Å². The van der Waals surface area contributed by atoms with Crippen molar-refractivity contribution in [2.24, 2.45) is 11.7 Å². The van der Waals surface area contributed by atoms with Crippen LogP contribution in [0.25, 0.3) is 0 Å². The van der Waals surface area contributed by atoms with Crippen LogP contribution in [-0.4, -0.2) is 11.8 Å². The molecule has 1 heterocycles. The first-order valence-electron chi connectivity index (χ1n) is 3.90. The third kappa shape index (κ3) is 1.53. The van der Waals surface area contributed by atoms with Gasteiger partial charge in [0.2, 0.25) is 0 Å². The van der Waals surface area contributed by atoms with Gasteiger partial charge in [-0.3, -0.25) is 0 Å². The molecule has 0 amide bonds. The van der Waals surface area contributed by atoms with Crippen molar-refractivity contribution in [3.8, 4) is 0 Å². The summed E-state index contributed by atoms with van der Waals surface area (Å²) in [6.07, 6.45) is 6.40. The fourth-order valence-electron chi connectivity index (χ4n) is 1.46. The maximum atomic E-state index is 5.99. The smallest absolute Gasteiger partial charge is 0.0239 e. The molecular formula is C9H10BrNS. The molecule has 0 aromatic heterocycles. The average Bonchev–Trinajstić information content (AvgIpc) is 2.07. The summed E-state index contributed by atoms with van der Waals surface area (Å²) in [7, 11) is 0. The van der Waals surface area contributed by atoms with E-state index in [-0.39, 0.29) is 6.04 Å². The molecule has 0 fully saturated rings. The van der Waals surface area contributed by atoms with E-state index in [2.05, 4.69) is 39.6 Å². The molecule has 2 atom stereocenters. The van der Waals surface area contributed by atoms with Crippen LogP contribution < -0.4 is 5.73 Å². The van der Waals surface area contributed by atoms with Gasteiger partial charge in [-0.25, -0.2) is 0 Å². The summed E-state index contributed by atoms with van der Waals surface area (Å²) in [4.78, 5) is 0. The van der Waals surface area contributed by atoms with Crippen molar-refractivity contribution in [1.29, 1.82) is 0 Å². The fourth-order valence-corrected chi connectivity index (χ4v) is 2.83. The highest BCUT2D eigenvalue weighted by atomic mass is 79.9. The minimum absolute atomic E-state index is 0.271. The molecule has 1 nitrogen and oxygen atoms in total. The quantitative estimate of drug-likeness (QED) is 0.708. The second-order valence-electron chi connectivity index (χ2n) is 3.03. The molecule has 0 saturated heterocycles. The van der Waals surface area contributed by atoms with E-state index >= 15 is 0 Å². The number of hydrogen-bond donors (Lipinski definition) is 1. The molecule has 12 heavy (non-hydrogen) atoms. The highest BCUT2D eigenvalue weighted by molar-refractivity contribution is 9.11. The van der Waals surface area contributed by atoms with Gasteiger partial charge in [-0.1, -0.05) is 28.1 Å². The largest absolute Gasteiger partial charge is 0.326 e. The second kappa shape index (κ2) is 3.40. The topological polar surface area (TPSA) is 26.0 Å². The van der Waals surface area contributed by atoms with Crippen molar-refractivity contribution >= 4 is 27.7 Å². The van der Waals surface area contributed by atoms with Gasteiger partial charge >= 0.3 is 0 Å². The SMILES string of the molecule is N[C@H]1CSC=C2C=CC(Br)=C[C@H]21. The van der Waals surface area contributed by atoms with E-state index in [0.717, 1.165) is 10.2 Å². The van der Waals surface area contributed by atoms with E-state index in [4.69, 9.17) is 5.73 Å². The van der Waals surface area contributed by atoms with Gasteiger partial charge in [-0.2, -0.15) is 0 Å². The van der Waals surface area contributed by atoms with E-state index in [9.17, 15) is 0 Å². The van der Waals surface area contributed by atoms with Gasteiger partial charge in [-0.05, 0) is 17.1 Å². The van der Waals surface area contributed by atoms with Crippen LogP contribution in [0.4, 0.5) is 0 Å². The van der Waals surface area contributed by atoms with Gasteiger partial charge in [0.25, 0.3) is 0 Å². The molecule has 0 bridgehead atoms. The molecule has 1 aliphatic heterocycles. The van der Waals surface area contributed by atoms with Crippen molar-refractivity contribution in [2.75, 3.05) is 5.75 Å². The van der Waals surface area contributed by atoms with Crippen molar-refractivity contribution in [1.82, 2.24) is 0 Å². The summed E-state index contributed by atoms with van der Waals surface area (Å²) in [5.41, 5.74) is 7.34. The molecule has 64 valence electrons. The molecular weight excluding hydrogens is 234 g/mol. The molecule has 2 aliphatic rings. The molecule has 3 heteroatoms. The molecule has 0 radical (unpaired) electrons. The second-order valence-corrected chi connectivity index (χ2v) is 4.84. The average molecular weight is 244 g/mol. The number of hydrogen-bond acceptors (Lipinski definition) is 2. The highest BCUT2D eigenvalue weighted by Gasteiger charge is 2.23. The molecule has 0 aromatic rings. The molecule has 1 aliphatic carbocycles. The van der Waals surface area contributed by atoms with E-state index in [1.54, 1.807) is 0 Å². The summed E-state index contributed by atoms with van der Waals surface area (Å²) < 4.78 is 1.15. The van der Waals surface area contributed by atoms with Crippen LogP contribution in [0, 0.1) is 5.92 Å². The Kier molecular flexibility index (Phi) is 2.44. The maximum absolute atomic E-state index is 5.99. The Morgan fingerprint density at radius 3 is 3.17 bits per heavy atom. The van der Waals surface area contributed by atoms with Crippen LogP contribution in [-0.2, 0) is 0 Å². The van der Waals surface area contributed by atoms with E-state index in [1.165, 1.54) is 5.57 Å². The monoisotopic (exact) mass is 243 g/mol. The lowest BCUT2D eigenvalue weighted by molar-refractivity contribution is 0.617. The number of rotatable bonds is 0. The van der Waals surface area contributed by atoms with E-state index in [1.807, 2.05) is 11.8 Å². The van der Waals surface area contributed by atoms with E-state index < -0.39 is 0 Å². The normalized spacial score (nSPS) is 33.8. The lowest BCUT2D eigenvalue weighted by Gasteiger charge is -2.27. The minimum Gasteiger partial charge on any atom is -0.326 e. The van der Waals surface area contributed by atoms with Crippen molar-refractivity contribution in [2.45, 2.75) is 6.04 Å². The van der Waals surface area contributed by atoms with Gasteiger partial charge < -0.3 is 5.73 Å². The lowest BCUT2D eigenvalue weighted by Crippen LogP contribution is -2.34. The molecule has 0 aromatic carbocycles. The van der Waals surface area contributed by atoms with Gasteiger partial charge in [0.1, 0.15) is 0 Å². The number of thioether (sulfide) groups is 1. The number of fused-ring (bicyclic) bond motifs is 1. The van der Waals surface area contributed by atoms with Gasteiger partial charge in [0, 0.05) is 22.2 Å². The zero-order chi connectivity index (χ0) is 8.55.